The van der Waals surface area contributed by atoms with Gasteiger partial charge in [-0.05, 0) is 12.1 Å². The maximum absolute atomic E-state index is 13.6. The number of imidazole rings is 1. The smallest absolute Gasteiger partial charge is 0.394 e. The second kappa shape index (κ2) is 7.67. The molecule has 12 heteroatoms. The topological polar surface area (TPSA) is 86.3 Å². The zero-order valence-electron chi connectivity index (χ0n) is 12.8. The van der Waals surface area contributed by atoms with E-state index in [-0.39, 0.29) is 41.4 Å². The highest BCUT2D eigenvalue weighted by molar-refractivity contribution is 6.05. The van der Waals surface area contributed by atoms with Crippen LogP contribution >= 0.6 is 24.8 Å². The first-order chi connectivity index (χ1) is 11.2. The van der Waals surface area contributed by atoms with Gasteiger partial charge in [0, 0.05) is 13.1 Å². The van der Waals surface area contributed by atoms with E-state index >= 15 is 0 Å². The molecule has 0 unspecified atom stereocenters. The fraction of sp³-hybridized carbons (Fsp3) is 0.357. The summed E-state index contributed by atoms with van der Waals surface area (Å²) in [6.07, 6.45) is -3.52. The molecule has 3 rings (SSSR count). The maximum Gasteiger partial charge on any atom is 0.394 e. The van der Waals surface area contributed by atoms with Gasteiger partial charge in [0.2, 0.25) is 0 Å². The molecule has 0 bridgehead atoms. The van der Waals surface area contributed by atoms with E-state index in [9.17, 15) is 27.2 Å². The van der Waals surface area contributed by atoms with Gasteiger partial charge in [-0.25, -0.2) is 9.37 Å². The van der Waals surface area contributed by atoms with Gasteiger partial charge in [-0.2, -0.15) is 13.2 Å². The Morgan fingerprint density at radius 2 is 1.88 bits per heavy atom. The van der Waals surface area contributed by atoms with E-state index in [2.05, 4.69) is 9.97 Å². The molecule has 1 saturated heterocycles. The number of halogens is 6. The van der Waals surface area contributed by atoms with E-state index in [1.807, 2.05) is 0 Å². The Hall–Kier alpha value is -2.07. The summed E-state index contributed by atoms with van der Waals surface area (Å²) in [5, 5.41) is 8.98. The Bertz CT molecular complexity index is 827. The summed E-state index contributed by atoms with van der Waals surface area (Å²) in [5.41, 5.74) is 0.127. The third-order valence-electron chi connectivity index (χ3n) is 4.06. The van der Waals surface area contributed by atoms with Crippen molar-refractivity contribution in [3.8, 4) is 0 Å². The van der Waals surface area contributed by atoms with Crippen LogP contribution in [0.4, 0.5) is 17.6 Å². The second-order valence-electron chi connectivity index (χ2n) is 5.56. The fourth-order valence-corrected chi connectivity index (χ4v) is 2.90. The second-order valence-corrected chi connectivity index (χ2v) is 5.56. The first-order valence-corrected chi connectivity index (χ1v) is 6.90. The number of hydrogen-bond acceptors (Lipinski definition) is 3. The number of nitrogens with one attached hydrogen (secondary N) is 1. The lowest BCUT2D eigenvalue weighted by Gasteiger charge is -2.18. The van der Waals surface area contributed by atoms with Crippen molar-refractivity contribution in [1.82, 2.24) is 14.9 Å². The number of fused-ring (bicyclic) bond motifs is 1. The van der Waals surface area contributed by atoms with Crippen LogP contribution in [-0.4, -0.2) is 51.1 Å². The summed E-state index contributed by atoms with van der Waals surface area (Å²) in [6.45, 7) is -1.39. The van der Waals surface area contributed by atoms with Crippen LogP contribution in [0.5, 0.6) is 0 Å². The predicted molar refractivity (Wildman–Crippen MR) is 87.1 cm³/mol. The monoisotopic (exact) mass is 417 g/mol. The van der Waals surface area contributed by atoms with E-state index in [1.54, 1.807) is 0 Å². The predicted octanol–water partition coefficient (Wildman–Crippen LogP) is 2.88. The Kier molecular flexibility index (Phi) is 6.48. The summed E-state index contributed by atoms with van der Waals surface area (Å²) < 4.78 is 52.6. The van der Waals surface area contributed by atoms with E-state index in [0.717, 1.165) is 17.0 Å². The minimum Gasteiger partial charge on any atom is -0.481 e. The summed E-state index contributed by atoms with van der Waals surface area (Å²) in [7, 11) is 0. The number of amides is 1. The van der Waals surface area contributed by atoms with Crippen molar-refractivity contribution in [3.63, 3.8) is 0 Å². The van der Waals surface area contributed by atoms with Crippen LogP contribution in [0, 0.1) is 17.7 Å². The number of carboxylic acids is 1. The van der Waals surface area contributed by atoms with Gasteiger partial charge in [0.05, 0.1) is 29.2 Å². The SMILES string of the molecule is Cl.Cl.O=C(O)[C@@H]1CN(C(=O)c2cc(F)cc3[nH]cnc23)C[C@H]1C(F)(F)F. The Balaban J connectivity index is 0.00000169. The molecule has 0 aliphatic carbocycles. The molecule has 6 nitrogen and oxygen atoms in total. The average Bonchev–Trinajstić information content (AvgIpc) is 3.11. The number of aromatic nitrogens is 2. The van der Waals surface area contributed by atoms with Crippen LogP contribution in [0.1, 0.15) is 10.4 Å². The van der Waals surface area contributed by atoms with Crippen molar-refractivity contribution >= 4 is 47.7 Å². The highest BCUT2D eigenvalue weighted by Crippen LogP contribution is 2.38. The molecule has 2 heterocycles. The third kappa shape index (κ3) is 3.85. The third-order valence-corrected chi connectivity index (χ3v) is 4.06. The zero-order chi connectivity index (χ0) is 17.6. The van der Waals surface area contributed by atoms with Gasteiger partial charge in [-0.3, -0.25) is 9.59 Å². The molecule has 2 atom stereocenters. The number of carboxylic acid groups (broad SMARTS) is 1. The number of aromatic amines is 1. The number of nitrogens with zero attached hydrogens (tertiary/aromatic N) is 2. The highest BCUT2D eigenvalue weighted by atomic mass is 35.5. The number of benzene rings is 1. The zero-order valence-corrected chi connectivity index (χ0v) is 14.4. The largest absolute Gasteiger partial charge is 0.481 e. The number of likely N-dealkylation sites (tertiary alicyclic amines) is 1. The van der Waals surface area contributed by atoms with Crippen LogP contribution in [0.2, 0.25) is 0 Å². The number of aliphatic carboxylic acids is 1. The lowest BCUT2D eigenvalue weighted by atomic mass is 9.96. The van der Waals surface area contributed by atoms with Crippen molar-refractivity contribution in [2.24, 2.45) is 11.8 Å². The normalized spacial score (nSPS) is 19.8. The molecule has 1 aromatic carbocycles. The van der Waals surface area contributed by atoms with Gasteiger partial charge >= 0.3 is 12.1 Å². The highest BCUT2D eigenvalue weighted by Gasteiger charge is 2.53. The molecule has 144 valence electrons. The maximum atomic E-state index is 13.6. The van der Waals surface area contributed by atoms with E-state index in [0.29, 0.717) is 0 Å². The summed E-state index contributed by atoms with van der Waals surface area (Å²) >= 11 is 0. The number of carbonyl (C=O) groups is 2. The molecule has 0 radical (unpaired) electrons. The standard InChI is InChI=1S/C14H11F4N3O3.2ClH/c15-6-1-7(11-10(2-6)19-5-20-11)12(22)21-3-8(13(23)24)9(4-21)14(16,17)18;;/h1-2,5,8-9H,3-4H2,(H,19,20)(H,23,24);2*1H/t8-,9-;;/m1../s1. The van der Waals surface area contributed by atoms with Gasteiger partial charge in [0.15, 0.2) is 0 Å². The lowest BCUT2D eigenvalue weighted by Crippen LogP contribution is -2.34. The van der Waals surface area contributed by atoms with Gasteiger partial charge in [0.25, 0.3) is 5.91 Å². The van der Waals surface area contributed by atoms with Gasteiger partial charge in [0.1, 0.15) is 11.3 Å². The van der Waals surface area contributed by atoms with E-state index in [1.165, 1.54) is 6.33 Å². The molecule has 2 N–H and O–H groups in total. The van der Waals surface area contributed by atoms with Crippen molar-refractivity contribution in [2.75, 3.05) is 13.1 Å². The minimum atomic E-state index is -4.75. The molecule has 0 saturated carbocycles. The molecule has 1 amide bonds. The Labute approximate surface area is 156 Å². The molecule has 1 aliphatic heterocycles. The molecule has 0 spiro atoms. The summed E-state index contributed by atoms with van der Waals surface area (Å²) in [4.78, 5) is 30.8. The van der Waals surface area contributed by atoms with Crippen molar-refractivity contribution in [3.05, 3.63) is 29.8 Å². The molecule has 26 heavy (non-hydrogen) atoms. The van der Waals surface area contributed by atoms with Crippen LogP contribution in [0.15, 0.2) is 18.5 Å². The summed E-state index contributed by atoms with van der Waals surface area (Å²) in [6, 6.07) is 1.98. The van der Waals surface area contributed by atoms with E-state index < -0.39 is 48.8 Å². The number of rotatable bonds is 2. The van der Waals surface area contributed by atoms with Crippen molar-refractivity contribution < 1.29 is 32.3 Å². The first-order valence-electron chi connectivity index (χ1n) is 6.90. The Morgan fingerprint density at radius 3 is 2.42 bits per heavy atom. The quantitative estimate of drug-likeness (QED) is 0.735. The number of H-pyrrole nitrogens is 1. The lowest BCUT2D eigenvalue weighted by molar-refractivity contribution is -0.187. The number of hydrogen-bond donors (Lipinski definition) is 2. The van der Waals surface area contributed by atoms with Gasteiger partial charge in [-0.15, -0.1) is 24.8 Å². The van der Waals surface area contributed by atoms with Gasteiger partial charge in [-0.1, -0.05) is 0 Å². The molecular formula is C14H13Cl2F4N3O3. The Morgan fingerprint density at radius 1 is 1.23 bits per heavy atom. The van der Waals surface area contributed by atoms with Crippen LogP contribution in [0.3, 0.4) is 0 Å². The molecular weight excluding hydrogens is 405 g/mol. The molecule has 1 aromatic heterocycles. The summed E-state index contributed by atoms with van der Waals surface area (Å²) in [5.74, 6) is -7.18. The molecule has 1 aliphatic rings. The van der Waals surface area contributed by atoms with E-state index in [4.69, 9.17) is 5.11 Å². The van der Waals surface area contributed by atoms with Crippen molar-refractivity contribution in [2.45, 2.75) is 6.18 Å². The van der Waals surface area contributed by atoms with Crippen LogP contribution in [-0.2, 0) is 4.79 Å². The van der Waals surface area contributed by atoms with Crippen LogP contribution in [0.25, 0.3) is 11.0 Å². The molecule has 1 fully saturated rings. The average molecular weight is 418 g/mol. The van der Waals surface area contributed by atoms with Gasteiger partial charge < -0.3 is 15.0 Å². The fourth-order valence-electron chi connectivity index (χ4n) is 2.90. The minimum absolute atomic E-state index is 0. The van der Waals surface area contributed by atoms with Crippen LogP contribution < -0.4 is 0 Å². The number of carbonyl (C=O) groups excluding carboxylic acids is 1. The molecule has 2 aromatic rings. The number of alkyl halides is 3. The first kappa shape index (κ1) is 22.0. The van der Waals surface area contributed by atoms with Crippen molar-refractivity contribution in [1.29, 1.82) is 0 Å².